The van der Waals surface area contributed by atoms with Gasteiger partial charge >= 0.3 is 0 Å². The smallest absolute Gasteiger partial charge is 0.172 e. The Morgan fingerprint density at radius 2 is 0.857 bits per heavy atom. The van der Waals surface area contributed by atoms with Gasteiger partial charge in [0.2, 0.25) is 0 Å². The van der Waals surface area contributed by atoms with Gasteiger partial charge in [-0.25, -0.2) is 0 Å². The molecule has 1 unspecified atom stereocenters. The summed E-state index contributed by atoms with van der Waals surface area (Å²) in [6.07, 6.45) is 0. The molecule has 0 saturated heterocycles. The van der Waals surface area contributed by atoms with Crippen molar-refractivity contribution >= 4 is 68.0 Å². The van der Waals surface area contributed by atoms with Crippen LogP contribution in [0.3, 0.4) is 0 Å². The fourth-order valence-electron chi connectivity index (χ4n) is 10.1. The highest BCUT2D eigenvalue weighted by atomic mass is 31.2. The van der Waals surface area contributed by atoms with Crippen molar-refractivity contribution in [1.82, 2.24) is 0 Å². The monoisotopic (exact) mass is 740 g/mol. The minimum Gasteiger partial charge on any atom is -0.310 e. The van der Waals surface area contributed by atoms with Crippen LogP contribution in [0.15, 0.2) is 176 Å². The van der Waals surface area contributed by atoms with Gasteiger partial charge in [-0.05, 0) is 87.3 Å². The molecule has 0 radical (unpaired) electrons. The summed E-state index contributed by atoms with van der Waals surface area (Å²) < 4.78 is 16.4. The Kier molecular flexibility index (Phi) is 6.93. The molecule has 11 rings (SSSR count). The second-order valence-corrected chi connectivity index (χ2v) is 19.1. The third kappa shape index (κ3) is 4.32. The summed E-state index contributed by atoms with van der Waals surface area (Å²) in [6.45, 7) is 9.30. The lowest BCUT2D eigenvalue weighted by molar-refractivity contribution is 0.593. The maximum absolute atomic E-state index is 16.4. The fourth-order valence-corrected chi connectivity index (χ4v) is 13.4. The van der Waals surface area contributed by atoms with E-state index < -0.39 is 7.14 Å². The molecule has 270 valence electrons. The first-order valence-corrected chi connectivity index (χ1v) is 21.3. The van der Waals surface area contributed by atoms with Gasteiger partial charge in [-0.3, -0.25) is 0 Å². The maximum atomic E-state index is 16.4. The summed E-state index contributed by atoms with van der Waals surface area (Å²) in [5.74, 6) is 0. The number of fused-ring (bicyclic) bond motifs is 9. The standard InChI is InChI=1S/C52H41N2OP/c1-51(2)40-22-10-14-26-44(40)53(45-27-15-11-23-41(45)51)34-30-31-49-38(32-34)39-33-48(36-20-8-9-21-37(36)50(39)56(49,55)35-18-6-5-7-19-35)54-46-28-16-12-24-42(46)52(3,4)43-25-13-17-29-47(43)54/h5-33H,1-4H3. The summed E-state index contributed by atoms with van der Waals surface area (Å²) >= 11 is 0. The maximum Gasteiger partial charge on any atom is 0.172 e. The highest BCUT2D eigenvalue weighted by Crippen LogP contribution is 2.59. The molecular weight excluding hydrogens is 700 g/mol. The SMILES string of the molecule is CC1(C)c2ccccc2N(c2ccc3c(c2)-c2cc(N4c5ccccc5C(C)(C)c5ccccc54)c4ccccc4c2P3(=O)c2ccccc2)c2ccccc21. The molecule has 0 N–H and O–H groups in total. The van der Waals surface area contributed by atoms with Gasteiger partial charge in [-0.15, -0.1) is 0 Å². The van der Waals surface area contributed by atoms with Crippen molar-refractivity contribution in [3.05, 3.63) is 198 Å². The van der Waals surface area contributed by atoms with E-state index in [0.29, 0.717) is 0 Å². The van der Waals surface area contributed by atoms with E-state index in [1.165, 1.54) is 45.0 Å². The van der Waals surface area contributed by atoms with Crippen molar-refractivity contribution in [3.8, 4) is 11.1 Å². The molecule has 3 nitrogen and oxygen atoms in total. The third-order valence-electron chi connectivity index (χ3n) is 12.8. The van der Waals surface area contributed by atoms with Crippen LogP contribution < -0.4 is 25.7 Å². The number of hydrogen-bond donors (Lipinski definition) is 0. The van der Waals surface area contributed by atoms with Gasteiger partial charge in [0.25, 0.3) is 0 Å². The zero-order valence-electron chi connectivity index (χ0n) is 32.0. The van der Waals surface area contributed by atoms with Crippen molar-refractivity contribution in [3.63, 3.8) is 0 Å². The van der Waals surface area contributed by atoms with Gasteiger partial charge in [0, 0.05) is 37.8 Å². The van der Waals surface area contributed by atoms with Crippen LogP contribution in [0.25, 0.3) is 21.9 Å². The Hall–Kier alpha value is -6.15. The van der Waals surface area contributed by atoms with E-state index in [9.17, 15) is 0 Å². The molecule has 0 bridgehead atoms. The molecule has 0 fully saturated rings. The first-order valence-electron chi connectivity index (χ1n) is 19.6. The molecular formula is C52H41N2OP. The van der Waals surface area contributed by atoms with Crippen LogP contribution in [0, 0.1) is 0 Å². The van der Waals surface area contributed by atoms with Crippen molar-refractivity contribution < 1.29 is 4.57 Å². The quantitative estimate of drug-likeness (QED) is 0.169. The summed E-state index contributed by atoms with van der Waals surface area (Å²) in [5.41, 5.74) is 13.7. The van der Waals surface area contributed by atoms with Crippen LogP contribution >= 0.6 is 7.14 Å². The minimum absolute atomic E-state index is 0.167. The lowest BCUT2D eigenvalue weighted by Crippen LogP contribution is -2.30. The van der Waals surface area contributed by atoms with Crippen molar-refractivity contribution in [2.24, 2.45) is 0 Å². The summed E-state index contributed by atoms with van der Waals surface area (Å²) in [7, 11) is -3.31. The topological polar surface area (TPSA) is 23.6 Å². The van der Waals surface area contributed by atoms with Crippen molar-refractivity contribution in [1.29, 1.82) is 0 Å². The summed E-state index contributed by atoms with van der Waals surface area (Å²) in [4.78, 5) is 4.86. The minimum atomic E-state index is -3.31. The van der Waals surface area contributed by atoms with E-state index in [1.807, 2.05) is 18.2 Å². The summed E-state index contributed by atoms with van der Waals surface area (Å²) in [5, 5.41) is 4.79. The molecule has 8 aromatic carbocycles. The highest BCUT2D eigenvalue weighted by molar-refractivity contribution is 7.86. The third-order valence-corrected chi connectivity index (χ3v) is 16.0. The van der Waals surface area contributed by atoms with E-state index in [1.54, 1.807) is 0 Å². The highest BCUT2D eigenvalue weighted by Gasteiger charge is 2.45. The Bertz CT molecular complexity index is 2880. The molecule has 0 saturated carbocycles. The lowest BCUT2D eigenvalue weighted by atomic mass is 9.73. The molecule has 56 heavy (non-hydrogen) atoms. The average molecular weight is 741 g/mol. The molecule has 3 aliphatic rings. The van der Waals surface area contributed by atoms with Crippen LogP contribution in [0.4, 0.5) is 34.1 Å². The number of nitrogens with zero attached hydrogens (tertiary/aromatic N) is 2. The first-order chi connectivity index (χ1) is 27.2. The predicted octanol–water partition coefficient (Wildman–Crippen LogP) is 12.7. The second kappa shape index (κ2) is 11.7. The van der Waals surface area contributed by atoms with Gasteiger partial charge in [0.15, 0.2) is 7.14 Å². The largest absolute Gasteiger partial charge is 0.310 e. The lowest BCUT2D eigenvalue weighted by Gasteiger charge is -2.42. The van der Waals surface area contributed by atoms with Gasteiger partial charge < -0.3 is 14.4 Å². The van der Waals surface area contributed by atoms with Crippen LogP contribution in [0.1, 0.15) is 49.9 Å². The zero-order valence-corrected chi connectivity index (χ0v) is 32.9. The second-order valence-electron chi connectivity index (χ2n) is 16.5. The number of rotatable bonds is 3. The van der Waals surface area contributed by atoms with Crippen LogP contribution in [0.5, 0.6) is 0 Å². The molecule has 8 aromatic rings. The Morgan fingerprint density at radius 1 is 0.411 bits per heavy atom. The normalized spacial score (nSPS) is 18.0. The van der Waals surface area contributed by atoms with E-state index in [2.05, 4.69) is 195 Å². The van der Waals surface area contributed by atoms with E-state index in [-0.39, 0.29) is 10.8 Å². The van der Waals surface area contributed by atoms with Crippen LogP contribution in [-0.4, -0.2) is 0 Å². The molecule has 0 aliphatic carbocycles. The molecule has 0 amide bonds. The Labute approximate surface area is 328 Å². The zero-order chi connectivity index (χ0) is 38.0. The van der Waals surface area contributed by atoms with E-state index in [4.69, 9.17) is 0 Å². The fraction of sp³-hybridized carbons (Fsp3) is 0.115. The van der Waals surface area contributed by atoms with Crippen molar-refractivity contribution in [2.45, 2.75) is 38.5 Å². The average Bonchev–Trinajstić information content (AvgIpc) is 3.49. The van der Waals surface area contributed by atoms with Crippen LogP contribution in [0.2, 0.25) is 0 Å². The Morgan fingerprint density at radius 3 is 1.39 bits per heavy atom. The Balaban J connectivity index is 1.23. The van der Waals surface area contributed by atoms with Gasteiger partial charge in [0.1, 0.15) is 0 Å². The number of benzene rings is 8. The van der Waals surface area contributed by atoms with E-state index >= 15 is 4.57 Å². The predicted molar refractivity (Wildman–Crippen MR) is 236 cm³/mol. The first kappa shape index (κ1) is 33.2. The molecule has 0 spiro atoms. The van der Waals surface area contributed by atoms with Gasteiger partial charge in [-0.1, -0.05) is 155 Å². The number of para-hydroxylation sites is 4. The molecule has 3 aliphatic heterocycles. The number of hydrogen-bond acceptors (Lipinski definition) is 3. The van der Waals surface area contributed by atoms with E-state index in [0.717, 1.165) is 49.2 Å². The summed E-state index contributed by atoms with van der Waals surface area (Å²) in [6, 6.07) is 63.0. The molecule has 1 atom stereocenters. The van der Waals surface area contributed by atoms with Crippen LogP contribution in [-0.2, 0) is 15.4 Å². The molecule has 4 heteroatoms. The number of anilines is 6. The molecule has 3 heterocycles. The van der Waals surface area contributed by atoms with Gasteiger partial charge in [0.05, 0.1) is 28.4 Å². The van der Waals surface area contributed by atoms with Gasteiger partial charge in [-0.2, -0.15) is 0 Å². The van der Waals surface area contributed by atoms with Crippen molar-refractivity contribution in [2.75, 3.05) is 9.80 Å². The molecule has 0 aromatic heterocycles.